The lowest BCUT2D eigenvalue weighted by molar-refractivity contribution is 0.199. The second-order valence-corrected chi connectivity index (χ2v) is 5.26. The van der Waals surface area contributed by atoms with Crippen LogP contribution in [0, 0.1) is 5.92 Å². The van der Waals surface area contributed by atoms with E-state index < -0.39 is 0 Å². The Hall–Kier alpha value is -1.55. The van der Waals surface area contributed by atoms with Crippen molar-refractivity contribution in [1.29, 1.82) is 0 Å². The number of halogens is 1. The van der Waals surface area contributed by atoms with Crippen LogP contribution in [0.2, 0.25) is 5.02 Å². The van der Waals surface area contributed by atoms with Gasteiger partial charge in [0.15, 0.2) is 0 Å². The van der Waals surface area contributed by atoms with Gasteiger partial charge < -0.3 is 10.6 Å². The minimum Gasteiger partial charge on any atom is -0.385 e. The van der Waals surface area contributed by atoms with Crippen LogP contribution in [-0.4, -0.2) is 23.3 Å². The van der Waals surface area contributed by atoms with Crippen molar-refractivity contribution in [2.24, 2.45) is 16.6 Å². The number of rotatable bonds is 3. The summed E-state index contributed by atoms with van der Waals surface area (Å²) in [4.78, 5) is 17.4. The summed E-state index contributed by atoms with van der Waals surface area (Å²) in [6.07, 6.45) is 0. The maximum absolute atomic E-state index is 11.8. The highest BCUT2D eigenvalue weighted by Crippen LogP contribution is 2.28. The molecule has 96 valence electrons. The van der Waals surface area contributed by atoms with Crippen molar-refractivity contribution in [1.82, 2.24) is 4.90 Å². The van der Waals surface area contributed by atoms with Crippen LogP contribution < -0.4 is 5.73 Å². The highest BCUT2D eigenvalue weighted by Gasteiger charge is 2.34. The number of carbonyl (C=O) groups is 1. The van der Waals surface area contributed by atoms with E-state index in [0.717, 1.165) is 5.56 Å². The van der Waals surface area contributed by atoms with E-state index in [2.05, 4.69) is 18.8 Å². The number of hydrogen-bond acceptors (Lipinski definition) is 2. The van der Waals surface area contributed by atoms with Crippen LogP contribution in [0.3, 0.4) is 0 Å². The molecule has 1 heterocycles. The van der Waals surface area contributed by atoms with Crippen LogP contribution >= 0.6 is 11.6 Å². The van der Waals surface area contributed by atoms with Crippen molar-refractivity contribution < 1.29 is 4.79 Å². The maximum Gasteiger partial charge on any atom is 0.346 e. The average molecular weight is 266 g/mol. The number of carbonyl (C=O) groups excluding carboxylic acids is 1. The minimum absolute atomic E-state index is 0.263. The number of amidine groups is 1. The third-order valence-electron chi connectivity index (χ3n) is 2.81. The van der Waals surface area contributed by atoms with Gasteiger partial charge in [-0.3, -0.25) is 0 Å². The number of nitrogens with zero attached hydrogens (tertiary/aromatic N) is 2. The largest absolute Gasteiger partial charge is 0.385 e. The van der Waals surface area contributed by atoms with E-state index in [-0.39, 0.29) is 12.1 Å². The molecule has 1 aliphatic rings. The third-order valence-corrected chi connectivity index (χ3v) is 3.06. The molecule has 5 heteroatoms. The number of amides is 2. The van der Waals surface area contributed by atoms with Gasteiger partial charge in [-0.05, 0) is 23.6 Å². The summed E-state index contributed by atoms with van der Waals surface area (Å²) < 4.78 is 0. The summed E-state index contributed by atoms with van der Waals surface area (Å²) in [5, 5.41) is 0.661. The Morgan fingerprint density at radius 3 is 2.56 bits per heavy atom. The predicted molar refractivity (Wildman–Crippen MR) is 72.8 cm³/mol. The zero-order valence-corrected chi connectivity index (χ0v) is 11.2. The van der Waals surface area contributed by atoms with Crippen molar-refractivity contribution in [3.63, 3.8) is 0 Å². The van der Waals surface area contributed by atoms with E-state index in [1.807, 2.05) is 12.1 Å². The van der Waals surface area contributed by atoms with E-state index in [1.165, 1.54) is 0 Å². The van der Waals surface area contributed by atoms with E-state index >= 15 is 0 Å². The zero-order valence-electron chi connectivity index (χ0n) is 10.4. The van der Waals surface area contributed by atoms with Crippen molar-refractivity contribution in [3.8, 4) is 0 Å². The molecule has 1 aromatic carbocycles. The van der Waals surface area contributed by atoms with E-state index in [9.17, 15) is 4.79 Å². The minimum atomic E-state index is -0.267. The first-order chi connectivity index (χ1) is 8.49. The molecule has 1 aromatic rings. The fourth-order valence-electron chi connectivity index (χ4n) is 2.08. The molecule has 0 saturated heterocycles. The summed E-state index contributed by atoms with van der Waals surface area (Å²) in [7, 11) is 0. The SMILES string of the molecule is CC(C)CN1C(=O)N=C(N)C1c1ccc(Cl)cc1. The molecule has 0 aromatic heterocycles. The molecule has 0 bridgehead atoms. The van der Waals surface area contributed by atoms with Gasteiger partial charge in [-0.15, -0.1) is 0 Å². The molecule has 0 radical (unpaired) electrons. The quantitative estimate of drug-likeness (QED) is 0.914. The van der Waals surface area contributed by atoms with Gasteiger partial charge in [-0.2, -0.15) is 4.99 Å². The predicted octanol–water partition coefficient (Wildman–Crippen LogP) is 2.83. The lowest BCUT2D eigenvalue weighted by Crippen LogP contribution is -2.35. The summed E-state index contributed by atoms with van der Waals surface area (Å²) in [6.45, 7) is 4.75. The molecule has 2 amide bonds. The van der Waals surface area contributed by atoms with Crippen LogP contribution in [0.5, 0.6) is 0 Å². The fourth-order valence-corrected chi connectivity index (χ4v) is 2.20. The highest BCUT2D eigenvalue weighted by molar-refractivity contribution is 6.30. The third kappa shape index (κ3) is 2.48. The molecule has 1 aliphatic heterocycles. The monoisotopic (exact) mass is 265 g/mol. The topological polar surface area (TPSA) is 58.7 Å². The van der Waals surface area contributed by atoms with E-state index in [4.69, 9.17) is 17.3 Å². The molecular formula is C13H16ClN3O. The second-order valence-electron chi connectivity index (χ2n) is 4.82. The first-order valence-electron chi connectivity index (χ1n) is 5.89. The average Bonchev–Trinajstić information content (AvgIpc) is 2.55. The van der Waals surface area contributed by atoms with Gasteiger partial charge in [0.25, 0.3) is 0 Å². The van der Waals surface area contributed by atoms with E-state index in [0.29, 0.717) is 23.3 Å². The summed E-state index contributed by atoms with van der Waals surface area (Å²) in [5.41, 5.74) is 6.80. The Morgan fingerprint density at radius 1 is 1.39 bits per heavy atom. The number of aliphatic imine (C=N–C) groups is 1. The van der Waals surface area contributed by atoms with Crippen molar-refractivity contribution in [3.05, 3.63) is 34.9 Å². The van der Waals surface area contributed by atoms with Crippen LogP contribution in [0.25, 0.3) is 0 Å². The van der Waals surface area contributed by atoms with Crippen molar-refractivity contribution in [2.45, 2.75) is 19.9 Å². The molecular weight excluding hydrogens is 250 g/mol. The molecule has 0 spiro atoms. The summed E-state index contributed by atoms with van der Waals surface area (Å²) in [5.74, 6) is 0.716. The Balaban J connectivity index is 2.31. The van der Waals surface area contributed by atoms with E-state index in [1.54, 1.807) is 17.0 Å². The molecule has 0 saturated carbocycles. The fraction of sp³-hybridized carbons (Fsp3) is 0.385. The number of hydrogen-bond donors (Lipinski definition) is 1. The molecule has 18 heavy (non-hydrogen) atoms. The molecule has 2 rings (SSSR count). The Labute approximate surface area is 111 Å². The Morgan fingerprint density at radius 2 is 2.00 bits per heavy atom. The molecule has 1 atom stereocenters. The van der Waals surface area contributed by atoms with Crippen LogP contribution in [0.4, 0.5) is 4.79 Å². The Bertz CT molecular complexity index is 482. The standard InChI is InChI=1S/C13H16ClN3O/c1-8(2)7-17-11(12(15)16-13(17)18)9-3-5-10(14)6-4-9/h3-6,8,11H,7H2,1-2H3,(H2,15,16,18). The van der Waals surface area contributed by atoms with Crippen molar-refractivity contribution in [2.75, 3.05) is 6.54 Å². The number of nitrogens with two attached hydrogens (primary N) is 1. The van der Waals surface area contributed by atoms with Gasteiger partial charge in [0.05, 0.1) is 0 Å². The molecule has 1 unspecified atom stereocenters. The molecule has 4 nitrogen and oxygen atoms in total. The van der Waals surface area contributed by atoms with Gasteiger partial charge >= 0.3 is 6.03 Å². The first-order valence-corrected chi connectivity index (χ1v) is 6.27. The maximum atomic E-state index is 11.8. The summed E-state index contributed by atoms with van der Waals surface area (Å²) >= 11 is 5.86. The van der Waals surface area contributed by atoms with Gasteiger partial charge in [0.1, 0.15) is 11.9 Å². The number of urea groups is 1. The summed E-state index contributed by atoms with van der Waals surface area (Å²) in [6, 6.07) is 6.81. The molecule has 2 N–H and O–H groups in total. The molecule has 0 aliphatic carbocycles. The van der Waals surface area contributed by atoms with Gasteiger partial charge in [0, 0.05) is 11.6 Å². The smallest absolute Gasteiger partial charge is 0.346 e. The van der Waals surface area contributed by atoms with Gasteiger partial charge in [0.2, 0.25) is 0 Å². The normalized spacial score (nSPS) is 19.6. The Kier molecular flexibility index (Phi) is 3.57. The zero-order chi connectivity index (χ0) is 13.3. The van der Waals surface area contributed by atoms with Gasteiger partial charge in [-0.1, -0.05) is 37.6 Å². The van der Waals surface area contributed by atoms with Gasteiger partial charge in [-0.25, -0.2) is 4.79 Å². The highest BCUT2D eigenvalue weighted by atomic mass is 35.5. The van der Waals surface area contributed by atoms with Crippen LogP contribution in [0.15, 0.2) is 29.3 Å². The second kappa shape index (κ2) is 4.98. The van der Waals surface area contributed by atoms with Crippen LogP contribution in [-0.2, 0) is 0 Å². The number of benzene rings is 1. The van der Waals surface area contributed by atoms with Crippen LogP contribution in [0.1, 0.15) is 25.5 Å². The van der Waals surface area contributed by atoms with Crippen molar-refractivity contribution >= 4 is 23.5 Å². The first kappa shape index (κ1) is 12.9. The molecule has 0 fully saturated rings. The lowest BCUT2D eigenvalue weighted by Gasteiger charge is -2.26. The lowest BCUT2D eigenvalue weighted by atomic mass is 10.0.